The highest BCUT2D eigenvalue weighted by atomic mass is 15.1. The van der Waals surface area contributed by atoms with E-state index >= 15 is 0 Å². The summed E-state index contributed by atoms with van der Waals surface area (Å²) in [5, 5.41) is 10.9. The topological polar surface area (TPSA) is 3.24 Å². The molecule has 11 aromatic rings. The maximum Gasteiger partial charge on any atom is 0.0645 e. The molecule has 0 fully saturated rings. The van der Waals surface area contributed by atoms with Gasteiger partial charge in [0.15, 0.2) is 0 Å². The third-order valence-electron chi connectivity index (χ3n) is 11.3. The van der Waals surface area contributed by atoms with Crippen LogP contribution in [0.4, 0.5) is 17.1 Å². The summed E-state index contributed by atoms with van der Waals surface area (Å²) in [4.78, 5) is 1.89. The van der Waals surface area contributed by atoms with Crippen LogP contribution in [0.15, 0.2) is 224 Å². The van der Waals surface area contributed by atoms with Crippen molar-refractivity contribution in [1.82, 2.24) is 0 Å². The van der Waals surface area contributed by atoms with E-state index in [9.17, 15) is 5.48 Å². The second-order valence-electron chi connectivity index (χ2n) is 14.6. The van der Waals surface area contributed by atoms with Gasteiger partial charge in [-0.25, -0.2) is 0 Å². The van der Waals surface area contributed by atoms with Crippen LogP contribution >= 0.6 is 0 Å². The van der Waals surface area contributed by atoms with Crippen molar-refractivity contribution in [2.24, 2.45) is 0 Å². The molecule has 0 aliphatic rings. The van der Waals surface area contributed by atoms with Gasteiger partial charge in [0.2, 0.25) is 0 Å². The van der Waals surface area contributed by atoms with Crippen LogP contribution in [0.25, 0.3) is 87.2 Å². The lowest BCUT2D eigenvalue weighted by molar-refractivity contribution is 1.28. The van der Waals surface area contributed by atoms with Gasteiger partial charge >= 0.3 is 0 Å². The maximum atomic E-state index is 9.76. The van der Waals surface area contributed by atoms with Crippen LogP contribution in [0.3, 0.4) is 0 Å². The Morgan fingerprint density at radius 2 is 0.772 bits per heavy atom. The highest BCUT2D eigenvalue weighted by molar-refractivity contribution is 6.15. The van der Waals surface area contributed by atoms with E-state index in [1.165, 1.54) is 16.2 Å². The van der Waals surface area contributed by atoms with Crippen molar-refractivity contribution in [2.75, 3.05) is 4.90 Å². The molecule has 0 spiro atoms. The molecule has 0 bridgehead atoms. The summed E-state index contributed by atoms with van der Waals surface area (Å²) in [6, 6.07) is 68.0. The molecule has 0 N–H and O–H groups in total. The standard InChI is InChI=1S/C56H37N/c1-2-13-41-34-42(25-24-38(41)12-1)39-26-30-46(31-27-39)57(47-32-28-40(29-33-47)55-36-44-14-3-5-18-49(44)51-20-7-9-22-53(51)55)48-17-11-16-43(35-48)56-37-45-15-4-6-19-50(45)52-21-8-10-23-54(52)56/h1-37H/i28D,29D,32D,33D. The first-order valence-electron chi connectivity index (χ1n) is 21.3. The van der Waals surface area contributed by atoms with Crippen molar-refractivity contribution < 1.29 is 5.48 Å². The Labute approximate surface area is 338 Å². The molecule has 1 heteroatoms. The number of hydrogen-bond acceptors (Lipinski definition) is 1. The summed E-state index contributed by atoms with van der Waals surface area (Å²) in [6.45, 7) is 0. The summed E-state index contributed by atoms with van der Waals surface area (Å²) in [5.74, 6) is 0. The van der Waals surface area contributed by atoms with Crippen LogP contribution in [0.5, 0.6) is 0 Å². The van der Waals surface area contributed by atoms with Crippen LogP contribution in [-0.4, -0.2) is 0 Å². The van der Waals surface area contributed by atoms with E-state index in [4.69, 9.17) is 0 Å². The zero-order valence-corrected chi connectivity index (χ0v) is 31.0. The van der Waals surface area contributed by atoms with Crippen molar-refractivity contribution in [3.63, 3.8) is 0 Å². The van der Waals surface area contributed by atoms with Gasteiger partial charge in [-0.1, -0.05) is 170 Å². The van der Waals surface area contributed by atoms with E-state index in [2.05, 4.69) is 121 Å². The molecule has 0 heterocycles. The Morgan fingerprint density at radius 1 is 0.263 bits per heavy atom. The normalized spacial score (nSPS) is 12.5. The Kier molecular flexibility index (Phi) is 6.93. The fraction of sp³-hybridized carbons (Fsp3) is 0. The van der Waals surface area contributed by atoms with Gasteiger partial charge in [-0.15, -0.1) is 0 Å². The molecule has 0 amide bonds. The lowest BCUT2D eigenvalue weighted by Gasteiger charge is -2.27. The van der Waals surface area contributed by atoms with Crippen molar-refractivity contribution >= 4 is 70.9 Å². The average molecular weight is 728 g/mol. The lowest BCUT2D eigenvalue weighted by Crippen LogP contribution is -2.10. The molecule has 266 valence electrons. The minimum absolute atomic E-state index is 0.0918. The summed E-state index contributed by atoms with van der Waals surface area (Å²) in [6.07, 6.45) is 0. The minimum atomic E-state index is -0.117. The molecule has 0 aromatic heterocycles. The van der Waals surface area contributed by atoms with E-state index in [1.54, 1.807) is 0 Å². The van der Waals surface area contributed by atoms with E-state index < -0.39 is 0 Å². The van der Waals surface area contributed by atoms with Crippen LogP contribution in [0.2, 0.25) is 0 Å². The predicted molar refractivity (Wildman–Crippen MR) is 245 cm³/mol. The molecule has 11 aromatic carbocycles. The first-order valence-corrected chi connectivity index (χ1v) is 19.3. The third kappa shape index (κ3) is 5.80. The van der Waals surface area contributed by atoms with Crippen LogP contribution in [-0.2, 0) is 0 Å². The largest absolute Gasteiger partial charge is 0.310 e. The summed E-state index contributed by atoms with van der Waals surface area (Å²) in [5.41, 5.74) is 6.74. The maximum absolute atomic E-state index is 9.76. The van der Waals surface area contributed by atoms with Crippen LogP contribution in [0, 0.1) is 0 Å². The fourth-order valence-corrected chi connectivity index (χ4v) is 8.50. The number of benzene rings is 11. The second kappa shape index (κ2) is 13.7. The summed E-state index contributed by atoms with van der Waals surface area (Å²) < 4.78 is 38.8. The number of nitrogens with zero attached hydrogens (tertiary/aromatic N) is 1. The molecule has 0 aliphatic carbocycles. The Balaban J connectivity index is 1.12. The van der Waals surface area contributed by atoms with Crippen molar-refractivity contribution in [2.45, 2.75) is 0 Å². The number of hydrogen-bond donors (Lipinski definition) is 0. The van der Waals surface area contributed by atoms with E-state index in [1.807, 2.05) is 83.8 Å². The van der Waals surface area contributed by atoms with Crippen molar-refractivity contribution in [1.29, 1.82) is 0 Å². The first kappa shape index (κ1) is 28.9. The van der Waals surface area contributed by atoms with Crippen LogP contribution in [0.1, 0.15) is 5.48 Å². The molecule has 0 atom stereocenters. The van der Waals surface area contributed by atoms with Crippen molar-refractivity contribution in [3.8, 4) is 33.4 Å². The number of rotatable bonds is 6. The van der Waals surface area contributed by atoms with E-state index in [0.717, 1.165) is 71.3 Å². The molecule has 0 saturated heterocycles. The Morgan fingerprint density at radius 3 is 1.40 bits per heavy atom. The van der Waals surface area contributed by atoms with Gasteiger partial charge in [0.1, 0.15) is 0 Å². The molecule has 0 unspecified atom stereocenters. The average Bonchev–Trinajstić information content (AvgIpc) is 3.32. The van der Waals surface area contributed by atoms with Crippen molar-refractivity contribution in [3.05, 3.63) is 224 Å². The quantitative estimate of drug-likeness (QED) is 0.154. The van der Waals surface area contributed by atoms with E-state index in [0.29, 0.717) is 5.56 Å². The predicted octanol–water partition coefficient (Wildman–Crippen LogP) is 15.9. The van der Waals surface area contributed by atoms with Gasteiger partial charge in [-0.2, -0.15) is 0 Å². The summed E-state index contributed by atoms with van der Waals surface area (Å²) >= 11 is 0. The fourth-order valence-electron chi connectivity index (χ4n) is 8.50. The highest BCUT2D eigenvalue weighted by Crippen LogP contribution is 2.42. The van der Waals surface area contributed by atoms with Gasteiger partial charge in [0.05, 0.1) is 5.48 Å². The zero-order valence-electron chi connectivity index (χ0n) is 35.0. The van der Waals surface area contributed by atoms with Gasteiger partial charge in [-0.3, -0.25) is 0 Å². The second-order valence-corrected chi connectivity index (χ2v) is 14.6. The molecule has 0 radical (unpaired) electrons. The SMILES string of the molecule is [2H]c1c([2H])c(N(c2ccc(-c3ccc4ccccc4c3)cc2)c2cccc(-c3cc4ccccc4c4ccccc34)c2)c([2H])c([2H])c1-c1cc2ccccc2c2ccccc12. The van der Waals surface area contributed by atoms with Gasteiger partial charge < -0.3 is 4.90 Å². The minimum Gasteiger partial charge on any atom is -0.310 e. The molecule has 0 aliphatic heterocycles. The van der Waals surface area contributed by atoms with Crippen LogP contribution < -0.4 is 4.90 Å². The molecular formula is C56H37N. The Bertz CT molecular complexity index is 3510. The highest BCUT2D eigenvalue weighted by Gasteiger charge is 2.17. The zero-order chi connectivity index (χ0) is 41.2. The van der Waals surface area contributed by atoms with Gasteiger partial charge in [0, 0.05) is 17.1 Å². The number of anilines is 3. The lowest BCUT2D eigenvalue weighted by atomic mass is 9.93. The molecular weight excluding hydrogens is 687 g/mol. The molecule has 0 saturated carbocycles. The molecule has 57 heavy (non-hydrogen) atoms. The summed E-state index contributed by atoms with van der Waals surface area (Å²) in [7, 11) is 0. The monoisotopic (exact) mass is 727 g/mol. The molecule has 11 rings (SSSR count). The smallest absolute Gasteiger partial charge is 0.0645 e. The third-order valence-corrected chi connectivity index (χ3v) is 11.3. The Hall–Kier alpha value is -7.48. The number of fused-ring (bicyclic) bond motifs is 7. The van der Waals surface area contributed by atoms with Gasteiger partial charge in [-0.05, 0) is 142 Å². The molecule has 1 nitrogen and oxygen atoms in total. The van der Waals surface area contributed by atoms with Gasteiger partial charge in [0.25, 0.3) is 0 Å². The first-order chi connectivity index (χ1) is 29.9. The van der Waals surface area contributed by atoms with E-state index in [-0.39, 0.29) is 35.4 Å².